The van der Waals surface area contributed by atoms with Crippen molar-refractivity contribution in [1.82, 2.24) is 0 Å². The zero-order valence-electron chi connectivity index (χ0n) is 23.7. The minimum Gasteiger partial charge on any atom is -0.462 e. The summed E-state index contributed by atoms with van der Waals surface area (Å²) in [5, 5.41) is 39.3. The number of unbranched alkanes of at least 4 members (excludes halogenated alkanes) is 4. The molecule has 0 bridgehead atoms. The molecule has 0 saturated heterocycles. The van der Waals surface area contributed by atoms with Gasteiger partial charge in [0.25, 0.3) is 0 Å². The fourth-order valence-electron chi connectivity index (χ4n) is 3.36. The van der Waals surface area contributed by atoms with Gasteiger partial charge in [-0.1, -0.05) is 100 Å². The molecule has 0 amide bonds. The Labute approximate surface area is 234 Å². The lowest BCUT2D eigenvalue weighted by molar-refractivity contribution is -0.161. The van der Waals surface area contributed by atoms with Gasteiger partial charge in [-0.2, -0.15) is 0 Å². The van der Waals surface area contributed by atoms with Crippen LogP contribution in [0.5, 0.6) is 0 Å². The van der Waals surface area contributed by atoms with E-state index in [9.17, 15) is 30.0 Å². The van der Waals surface area contributed by atoms with Crippen molar-refractivity contribution < 1.29 is 39.5 Å². The standard InChI is InChI=1S/C31H50O8/c1-3-5-7-10-16-22-30(36)38-25-27(24-32)39-31(37)23-17-21-29(35)28(34)20-15-12-9-8-11-14-19-26(33)18-13-6-4-2/h6,8-9,11-15,19-20,26-29,32-35H,3-5,7,10,16-18,21-25H2,1-2H3/b11-8+,12-9-,13-6-,19-14+,20-15-/t26-,27-,28+,29+/m0/s1. The summed E-state index contributed by atoms with van der Waals surface area (Å²) >= 11 is 0. The Balaban J connectivity index is 4.14. The number of esters is 2. The summed E-state index contributed by atoms with van der Waals surface area (Å²) in [7, 11) is 0. The predicted molar refractivity (Wildman–Crippen MR) is 154 cm³/mol. The van der Waals surface area contributed by atoms with E-state index in [0.29, 0.717) is 12.8 Å². The second kappa shape index (κ2) is 25.7. The zero-order valence-corrected chi connectivity index (χ0v) is 23.7. The molecule has 8 nitrogen and oxygen atoms in total. The molecule has 0 unspecified atom stereocenters. The van der Waals surface area contributed by atoms with Gasteiger partial charge in [-0.15, -0.1) is 0 Å². The fraction of sp³-hybridized carbons (Fsp3) is 0.613. The van der Waals surface area contributed by atoms with Crippen LogP contribution in [0.2, 0.25) is 0 Å². The lowest BCUT2D eigenvalue weighted by Crippen LogP contribution is -2.29. The van der Waals surface area contributed by atoms with Crippen LogP contribution in [-0.2, 0) is 19.1 Å². The lowest BCUT2D eigenvalue weighted by atomic mass is 10.1. The van der Waals surface area contributed by atoms with Crippen LogP contribution in [0, 0.1) is 0 Å². The van der Waals surface area contributed by atoms with Gasteiger partial charge in [-0.05, 0) is 32.1 Å². The maximum Gasteiger partial charge on any atom is 0.306 e. The Morgan fingerprint density at radius 2 is 1.41 bits per heavy atom. The molecule has 0 aromatic rings. The van der Waals surface area contributed by atoms with Gasteiger partial charge in [0.15, 0.2) is 6.10 Å². The molecule has 222 valence electrons. The van der Waals surface area contributed by atoms with Crippen LogP contribution in [-0.4, -0.2) is 70.0 Å². The highest BCUT2D eigenvalue weighted by atomic mass is 16.6. The molecule has 0 aliphatic carbocycles. The Bertz CT molecular complexity index is 769. The predicted octanol–water partition coefficient (Wildman–Crippen LogP) is 4.63. The first kappa shape index (κ1) is 36.5. The average Bonchev–Trinajstić information content (AvgIpc) is 2.92. The summed E-state index contributed by atoms with van der Waals surface area (Å²) in [6, 6.07) is 0. The van der Waals surface area contributed by atoms with E-state index in [0.717, 1.165) is 38.5 Å². The molecule has 0 aromatic heterocycles. The van der Waals surface area contributed by atoms with Crippen LogP contribution in [0.15, 0.2) is 60.8 Å². The number of hydrogen-bond donors (Lipinski definition) is 4. The first-order valence-corrected chi connectivity index (χ1v) is 14.2. The van der Waals surface area contributed by atoms with Gasteiger partial charge < -0.3 is 29.9 Å². The largest absolute Gasteiger partial charge is 0.462 e. The number of carbonyl (C=O) groups is 2. The molecule has 8 heteroatoms. The maximum absolute atomic E-state index is 12.0. The van der Waals surface area contributed by atoms with Gasteiger partial charge in [-0.3, -0.25) is 9.59 Å². The van der Waals surface area contributed by atoms with Crippen molar-refractivity contribution in [3.8, 4) is 0 Å². The zero-order chi connectivity index (χ0) is 29.1. The van der Waals surface area contributed by atoms with E-state index in [2.05, 4.69) is 6.92 Å². The number of allylic oxidation sites excluding steroid dienone is 7. The number of rotatable bonds is 23. The van der Waals surface area contributed by atoms with Gasteiger partial charge in [0.1, 0.15) is 6.61 Å². The van der Waals surface area contributed by atoms with Gasteiger partial charge in [-0.25, -0.2) is 0 Å². The Morgan fingerprint density at radius 3 is 2.08 bits per heavy atom. The molecule has 0 aliphatic rings. The lowest BCUT2D eigenvalue weighted by Gasteiger charge is -2.17. The van der Waals surface area contributed by atoms with E-state index in [-0.39, 0.29) is 31.8 Å². The van der Waals surface area contributed by atoms with Crippen molar-refractivity contribution in [1.29, 1.82) is 0 Å². The highest BCUT2D eigenvalue weighted by molar-refractivity contribution is 5.70. The van der Waals surface area contributed by atoms with Crippen molar-refractivity contribution in [3.05, 3.63) is 60.8 Å². The van der Waals surface area contributed by atoms with Gasteiger partial charge in [0.2, 0.25) is 0 Å². The Hall–Kier alpha value is -2.52. The van der Waals surface area contributed by atoms with Gasteiger partial charge >= 0.3 is 11.9 Å². The average molecular weight is 551 g/mol. The number of hydrogen-bond acceptors (Lipinski definition) is 8. The van der Waals surface area contributed by atoms with Crippen LogP contribution in [0.3, 0.4) is 0 Å². The highest BCUT2D eigenvalue weighted by Gasteiger charge is 2.18. The minimum atomic E-state index is -1.09. The van der Waals surface area contributed by atoms with Crippen LogP contribution < -0.4 is 0 Å². The summed E-state index contributed by atoms with van der Waals surface area (Å²) in [6.07, 6.45) is 21.3. The quantitative estimate of drug-likeness (QED) is 0.0626. The maximum atomic E-state index is 12.0. The molecule has 0 rings (SSSR count). The molecule has 0 heterocycles. The fourth-order valence-corrected chi connectivity index (χ4v) is 3.36. The third kappa shape index (κ3) is 23.1. The molecule has 0 aliphatic heterocycles. The van der Waals surface area contributed by atoms with Crippen molar-refractivity contribution in [3.63, 3.8) is 0 Å². The van der Waals surface area contributed by atoms with Gasteiger partial charge in [0.05, 0.1) is 24.9 Å². The molecular weight excluding hydrogens is 500 g/mol. The van der Waals surface area contributed by atoms with E-state index >= 15 is 0 Å². The van der Waals surface area contributed by atoms with E-state index in [1.807, 2.05) is 19.1 Å². The van der Waals surface area contributed by atoms with Crippen molar-refractivity contribution in [2.45, 2.75) is 109 Å². The number of ether oxygens (including phenoxy) is 2. The minimum absolute atomic E-state index is 0.00280. The van der Waals surface area contributed by atoms with Crippen molar-refractivity contribution in [2.75, 3.05) is 13.2 Å². The third-order valence-corrected chi connectivity index (χ3v) is 5.67. The molecule has 0 fully saturated rings. The molecule has 0 saturated carbocycles. The summed E-state index contributed by atoms with van der Waals surface area (Å²) in [5.41, 5.74) is 0. The Kier molecular flexibility index (Phi) is 24.1. The Morgan fingerprint density at radius 1 is 0.769 bits per heavy atom. The molecule has 4 N–H and O–H groups in total. The van der Waals surface area contributed by atoms with Gasteiger partial charge in [0, 0.05) is 12.8 Å². The summed E-state index contributed by atoms with van der Waals surface area (Å²) in [6.45, 7) is 3.51. The first-order chi connectivity index (χ1) is 18.8. The molecule has 0 spiro atoms. The molecule has 0 radical (unpaired) electrons. The number of aliphatic hydroxyl groups is 4. The third-order valence-electron chi connectivity index (χ3n) is 5.67. The summed E-state index contributed by atoms with van der Waals surface area (Å²) < 4.78 is 10.2. The SMILES string of the molecule is CC/C=C\C[C@H](O)/C=C/C=C/C=C\C=C/[C@@H](O)[C@H](O)CCCC(=O)O[C@@H](CO)COC(=O)CCCCCCC. The number of carbonyl (C=O) groups excluding carboxylic acids is 2. The van der Waals surface area contributed by atoms with E-state index in [1.165, 1.54) is 6.08 Å². The van der Waals surface area contributed by atoms with Crippen molar-refractivity contribution >= 4 is 11.9 Å². The van der Waals surface area contributed by atoms with Crippen LogP contribution in [0.1, 0.15) is 84.5 Å². The monoisotopic (exact) mass is 550 g/mol. The number of aliphatic hydroxyl groups excluding tert-OH is 4. The second-order valence-corrected chi connectivity index (χ2v) is 9.31. The molecule has 39 heavy (non-hydrogen) atoms. The summed E-state index contributed by atoms with van der Waals surface area (Å²) in [5.74, 6) is -0.949. The smallest absolute Gasteiger partial charge is 0.306 e. The van der Waals surface area contributed by atoms with Crippen molar-refractivity contribution in [2.24, 2.45) is 0 Å². The normalized spacial score (nSPS) is 15.5. The van der Waals surface area contributed by atoms with Crippen LogP contribution in [0.4, 0.5) is 0 Å². The molecule has 4 atom stereocenters. The van der Waals surface area contributed by atoms with Crippen LogP contribution >= 0.6 is 0 Å². The molecule has 0 aromatic carbocycles. The summed E-state index contributed by atoms with van der Waals surface area (Å²) in [4.78, 5) is 23.8. The van der Waals surface area contributed by atoms with E-state index in [1.54, 1.807) is 42.5 Å². The van der Waals surface area contributed by atoms with E-state index < -0.39 is 37.0 Å². The van der Waals surface area contributed by atoms with E-state index in [4.69, 9.17) is 9.47 Å². The topological polar surface area (TPSA) is 134 Å². The highest BCUT2D eigenvalue weighted by Crippen LogP contribution is 2.09. The second-order valence-electron chi connectivity index (χ2n) is 9.31. The first-order valence-electron chi connectivity index (χ1n) is 14.2. The van der Waals surface area contributed by atoms with Crippen LogP contribution in [0.25, 0.3) is 0 Å². The molecular formula is C31H50O8.